The van der Waals surface area contributed by atoms with E-state index in [0.717, 1.165) is 15.8 Å². The van der Waals surface area contributed by atoms with Gasteiger partial charge in [-0.15, -0.1) is 11.3 Å². The fraction of sp³-hybridized carbons (Fsp3) is 0.200. The van der Waals surface area contributed by atoms with Gasteiger partial charge in [-0.05, 0) is 24.4 Å². The molecule has 1 unspecified atom stereocenters. The van der Waals surface area contributed by atoms with E-state index in [4.69, 9.17) is 0 Å². The summed E-state index contributed by atoms with van der Waals surface area (Å²) in [6.45, 7) is 2.23. The van der Waals surface area contributed by atoms with Gasteiger partial charge in [0.1, 0.15) is 6.54 Å². The molecule has 1 aromatic carbocycles. The Labute approximate surface area is 121 Å². The highest BCUT2D eigenvalue weighted by atomic mass is 32.1. The minimum atomic E-state index is -0.0280. The molecule has 2 heterocycles. The molecule has 0 spiro atoms. The minimum absolute atomic E-state index is 0.0280. The predicted octanol–water partition coefficient (Wildman–Crippen LogP) is 2.98. The molecule has 3 aromatic rings. The highest BCUT2D eigenvalue weighted by molar-refractivity contribution is 7.10. The Balaban J connectivity index is 1.70. The van der Waals surface area contributed by atoms with Gasteiger partial charge in [0.25, 0.3) is 0 Å². The third-order valence-electron chi connectivity index (χ3n) is 3.19. The van der Waals surface area contributed by atoms with E-state index in [0.29, 0.717) is 0 Å². The first-order valence-corrected chi connectivity index (χ1v) is 7.35. The number of nitrogens with zero attached hydrogens (tertiary/aromatic N) is 2. The number of hydrogen-bond acceptors (Lipinski definition) is 3. The molecule has 5 heteroatoms. The molecular formula is C15H15N3OS. The zero-order valence-corrected chi connectivity index (χ0v) is 11.9. The zero-order valence-electron chi connectivity index (χ0n) is 11.1. The first-order chi connectivity index (χ1) is 9.74. The SMILES string of the molecule is CC(NC(=O)Cn1ncc2ccccc21)c1cccs1. The number of hydrogen-bond donors (Lipinski definition) is 1. The molecule has 1 amide bonds. The largest absolute Gasteiger partial charge is 0.347 e. The molecule has 1 N–H and O–H groups in total. The first-order valence-electron chi connectivity index (χ1n) is 6.47. The molecule has 20 heavy (non-hydrogen) atoms. The quantitative estimate of drug-likeness (QED) is 0.801. The highest BCUT2D eigenvalue weighted by Gasteiger charge is 2.12. The van der Waals surface area contributed by atoms with E-state index in [2.05, 4.69) is 10.4 Å². The third-order valence-corrected chi connectivity index (χ3v) is 4.25. The van der Waals surface area contributed by atoms with E-state index in [1.807, 2.05) is 48.7 Å². The van der Waals surface area contributed by atoms with E-state index in [9.17, 15) is 4.79 Å². The number of thiophene rings is 1. The number of benzene rings is 1. The van der Waals surface area contributed by atoms with Crippen LogP contribution in [0, 0.1) is 0 Å². The van der Waals surface area contributed by atoms with Crippen molar-refractivity contribution in [3.63, 3.8) is 0 Å². The second-order valence-electron chi connectivity index (χ2n) is 4.67. The number of aromatic nitrogens is 2. The van der Waals surface area contributed by atoms with Crippen molar-refractivity contribution < 1.29 is 4.79 Å². The molecule has 0 aliphatic rings. The Hall–Kier alpha value is -2.14. The lowest BCUT2D eigenvalue weighted by Gasteiger charge is -2.12. The van der Waals surface area contributed by atoms with Crippen molar-refractivity contribution in [2.24, 2.45) is 0 Å². The van der Waals surface area contributed by atoms with Gasteiger partial charge < -0.3 is 5.32 Å². The average molecular weight is 285 g/mol. The second-order valence-corrected chi connectivity index (χ2v) is 5.64. The number of carbonyl (C=O) groups excluding carboxylic acids is 1. The van der Waals surface area contributed by atoms with Crippen LogP contribution >= 0.6 is 11.3 Å². The monoisotopic (exact) mass is 285 g/mol. The summed E-state index contributed by atoms with van der Waals surface area (Å²) < 4.78 is 1.73. The van der Waals surface area contributed by atoms with Crippen molar-refractivity contribution >= 4 is 28.1 Å². The molecular weight excluding hydrogens is 270 g/mol. The second kappa shape index (κ2) is 5.46. The van der Waals surface area contributed by atoms with Gasteiger partial charge in [-0.2, -0.15) is 5.10 Å². The van der Waals surface area contributed by atoms with Gasteiger partial charge in [0, 0.05) is 10.3 Å². The van der Waals surface area contributed by atoms with Crippen molar-refractivity contribution in [2.75, 3.05) is 0 Å². The van der Waals surface area contributed by atoms with Crippen LogP contribution in [0.5, 0.6) is 0 Å². The summed E-state index contributed by atoms with van der Waals surface area (Å²) in [5.74, 6) is -0.0280. The van der Waals surface area contributed by atoms with Crippen molar-refractivity contribution in [3.8, 4) is 0 Å². The lowest BCUT2D eigenvalue weighted by Crippen LogP contribution is -2.30. The number of fused-ring (bicyclic) bond motifs is 1. The molecule has 0 saturated heterocycles. The maximum absolute atomic E-state index is 12.1. The van der Waals surface area contributed by atoms with Gasteiger partial charge in [-0.25, -0.2) is 0 Å². The summed E-state index contributed by atoms with van der Waals surface area (Å²) in [6.07, 6.45) is 1.78. The van der Waals surface area contributed by atoms with Crippen LogP contribution in [-0.4, -0.2) is 15.7 Å². The van der Waals surface area contributed by atoms with Crippen LogP contribution in [0.3, 0.4) is 0 Å². The van der Waals surface area contributed by atoms with E-state index < -0.39 is 0 Å². The van der Waals surface area contributed by atoms with Gasteiger partial charge in [-0.3, -0.25) is 9.48 Å². The van der Waals surface area contributed by atoms with Gasteiger partial charge in [0.15, 0.2) is 0 Å². The lowest BCUT2D eigenvalue weighted by atomic mass is 10.2. The molecule has 0 bridgehead atoms. The summed E-state index contributed by atoms with van der Waals surface area (Å²) in [6, 6.07) is 11.9. The van der Waals surface area contributed by atoms with Crippen LogP contribution in [0.15, 0.2) is 48.0 Å². The van der Waals surface area contributed by atoms with E-state index >= 15 is 0 Å². The van der Waals surface area contributed by atoms with Crippen molar-refractivity contribution in [3.05, 3.63) is 52.9 Å². The van der Waals surface area contributed by atoms with Crippen LogP contribution in [0.2, 0.25) is 0 Å². The Morgan fingerprint density at radius 2 is 2.20 bits per heavy atom. The summed E-state index contributed by atoms with van der Waals surface area (Å²) in [5, 5.41) is 10.3. The van der Waals surface area contributed by atoms with Crippen LogP contribution < -0.4 is 5.32 Å². The van der Waals surface area contributed by atoms with Crippen LogP contribution in [-0.2, 0) is 11.3 Å². The summed E-state index contributed by atoms with van der Waals surface area (Å²) in [7, 11) is 0. The fourth-order valence-electron chi connectivity index (χ4n) is 2.18. The van der Waals surface area contributed by atoms with Crippen LogP contribution in [0.4, 0.5) is 0 Å². The number of para-hydroxylation sites is 1. The third kappa shape index (κ3) is 2.58. The van der Waals surface area contributed by atoms with Crippen molar-refractivity contribution in [1.82, 2.24) is 15.1 Å². The Morgan fingerprint density at radius 1 is 1.35 bits per heavy atom. The number of carbonyl (C=O) groups is 1. The fourth-order valence-corrected chi connectivity index (χ4v) is 2.92. The van der Waals surface area contributed by atoms with E-state index in [1.54, 1.807) is 22.2 Å². The summed E-state index contributed by atoms with van der Waals surface area (Å²) >= 11 is 1.65. The molecule has 0 fully saturated rings. The summed E-state index contributed by atoms with van der Waals surface area (Å²) in [4.78, 5) is 13.2. The standard InChI is InChI=1S/C15H15N3OS/c1-11(14-7-4-8-20-14)17-15(19)10-18-13-6-3-2-5-12(13)9-16-18/h2-9,11H,10H2,1H3,(H,17,19). The van der Waals surface area contributed by atoms with Crippen LogP contribution in [0.1, 0.15) is 17.8 Å². The topological polar surface area (TPSA) is 46.9 Å². The van der Waals surface area contributed by atoms with Gasteiger partial charge in [-0.1, -0.05) is 24.3 Å². The van der Waals surface area contributed by atoms with E-state index in [1.165, 1.54) is 0 Å². The summed E-state index contributed by atoms with van der Waals surface area (Å²) in [5.41, 5.74) is 0.978. The molecule has 0 radical (unpaired) electrons. The first kappa shape index (κ1) is 12.9. The molecule has 0 aliphatic carbocycles. The molecule has 0 aliphatic heterocycles. The Morgan fingerprint density at radius 3 is 3.00 bits per heavy atom. The number of amides is 1. The van der Waals surface area contributed by atoms with Gasteiger partial charge in [0.05, 0.1) is 17.8 Å². The molecule has 3 rings (SSSR count). The lowest BCUT2D eigenvalue weighted by molar-refractivity contribution is -0.122. The normalized spacial score (nSPS) is 12.4. The van der Waals surface area contributed by atoms with Gasteiger partial charge in [0.2, 0.25) is 5.91 Å². The van der Waals surface area contributed by atoms with Gasteiger partial charge >= 0.3 is 0 Å². The molecule has 2 aromatic heterocycles. The smallest absolute Gasteiger partial charge is 0.242 e. The molecule has 4 nitrogen and oxygen atoms in total. The molecule has 102 valence electrons. The zero-order chi connectivity index (χ0) is 13.9. The maximum Gasteiger partial charge on any atom is 0.242 e. The number of nitrogens with one attached hydrogen (secondary N) is 1. The van der Waals surface area contributed by atoms with Crippen molar-refractivity contribution in [2.45, 2.75) is 19.5 Å². The van der Waals surface area contributed by atoms with Crippen LogP contribution in [0.25, 0.3) is 10.9 Å². The minimum Gasteiger partial charge on any atom is -0.347 e. The Bertz CT molecular complexity index is 718. The molecule has 0 saturated carbocycles. The Kier molecular flexibility index (Phi) is 3.52. The highest BCUT2D eigenvalue weighted by Crippen LogP contribution is 2.18. The average Bonchev–Trinajstić information content (AvgIpc) is 3.09. The predicted molar refractivity (Wildman–Crippen MR) is 80.6 cm³/mol. The number of rotatable bonds is 4. The van der Waals surface area contributed by atoms with E-state index in [-0.39, 0.29) is 18.5 Å². The molecule has 1 atom stereocenters. The van der Waals surface area contributed by atoms with Crippen molar-refractivity contribution in [1.29, 1.82) is 0 Å². The maximum atomic E-state index is 12.1.